The molecule has 0 bridgehead atoms. The minimum absolute atomic E-state index is 0.251. The molecule has 0 amide bonds. The van der Waals surface area contributed by atoms with Crippen LogP contribution in [0.1, 0.15) is 166 Å². The molecule has 2 aromatic rings. The summed E-state index contributed by atoms with van der Waals surface area (Å²) < 4.78 is 0. The summed E-state index contributed by atoms with van der Waals surface area (Å²) in [4.78, 5) is 20.4. The monoisotopic (exact) mass is 614 g/mol. The number of carboxylic acid groups (broad SMARTS) is 2. The molecule has 0 spiro atoms. The molecule has 250 valence electrons. The summed E-state index contributed by atoms with van der Waals surface area (Å²) in [5, 5.41) is 35.3. The first-order valence-electron chi connectivity index (χ1n) is 17.2. The number of unbranched alkanes of at least 4 members (excludes halogenated alkanes) is 16. The number of hydrogen-bond donors (Lipinski definition) is 4. The summed E-state index contributed by atoms with van der Waals surface area (Å²) in [6.07, 6.45) is 23.0. The van der Waals surface area contributed by atoms with E-state index in [1.165, 1.54) is 89.9 Å². The first-order chi connectivity index (χ1) is 21.2. The molecule has 0 radical (unpaired) electrons. The maximum absolute atomic E-state index is 10.2. The molecule has 4 N–H and O–H groups in total. The van der Waals surface area contributed by atoms with Gasteiger partial charge < -0.3 is 20.4 Å². The van der Waals surface area contributed by atoms with E-state index in [9.17, 15) is 19.8 Å². The van der Waals surface area contributed by atoms with E-state index in [1.807, 2.05) is 24.3 Å². The van der Waals surface area contributed by atoms with Crippen molar-refractivity contribution in [1.82, 2.24) is 0 Å². The van der Waals surface area contributed by atoms with Crippen LogP contribution >= 0.6 is 0 Å². The van der Waals surface area contributed by atoms with Crippen molar-refractivity contribution in [1.29, 1.82) is 0 Å². The molecule has 0 unspecified atom stereocenters. The van der Waals surface area contributed by atoms with Gasteiger partial charge in [0.2, 0.25) is 0 Å². The summed E-state index contributed by atoms with van der Waals surface area (Å²) >= 11 is 0. The quantitative estimate of drug-likeness (QED) is 0.0981. The van der Waals surface area contributed by atoms with E-state index in [0.717, 1.165) is 36.8 Å². The smallest absolute Gasteiger partial charge is 0.303 e. The van der Waals surface area contributed by atoms with Crippen LogP contribution in [-0.2, 0) is 9.59 Å². The third-order valence-corrected chi connectivity index (χ3v) is 7.77. The second-order valence-electron chi connectivity index (χ2n) is 11.8. The van der Waals surface area contributed by atoms with E-state index in [2.05, 4.69) is 20.8 Å². The molecule has 6 nitrogen and oxygen atoms in total. The van der Waals surface area contributed by atoms with Crippen LogP contribution in [0, 0.1) is 0 Å². The Morgan fingerprint density at radius 1 is 0.477 bits per heavy atom. The highest BCUT2D eigenvalue weighted by molar-refractivity contribution is 5.66. The fourth-order valence-corrected chi connectivity index (χ4v) is 4.89. The van der Waals surface area contributed by atoms with Gasteiger partial charge in [-0.05, 0) is 48.2 Å². The Hall–Kier alpha value is -3.02. The lowest BCUT2D eigenvalue weighted by atomic mass is 9.93. The molecule has 0 aliphatic carbocycles. The number of hydrogen-bond acceptors (Lipinski definition) is 4. The number of carbonyl (C=O) groups is 2. The normalized spacial score (nSPS) is 10.5. The van der Waals surface area contributed by atoms with E-state index >= 15 is 0 Å². The zero-order valence-electron chi connectivity index (χ0n) is 27.9. The third kappa shape index (κ3) is 25.5. The van der Waals surface area contributed by atoms with Gasteiger partial charge in [0.15, 0.2) is 0 Å². The molecular formula is C38H62O6. The van der Waals surface area contributed by atoms with E-state index < -0.39 is 11.9 Å². The van der Waals surface area contributed by atoms with Gasteiger partial charge in [-0.25, -0.2) is 0 Å². The second kappa shape index (κ2) is 28.7. The average Bonchev–Trinajstić information content (AvgIpc) is 3.00. The lowest BCUT2D eigenvalue weighted by Crippen LogP contribution is -1.94. The Labute approximate surface area is 267 Å². The second-order valence-corrected chi connectivity index (χ2v) is 11.8. The van der Waals surface area contributed by atoms with Gasteiger partial charge in [0.1, 0.15) is 11.5 Å². The van der Waals surface area contributed by atoms with Crippen LogP contribution in [0.3, 0.4) is 0 Å². The Kier molecular flexibility index (Phi) is 26.8. The Morgan fingerprint density at radius 2 is 0.727 bits per heavy atom. The molecule has 0 aromatic heterocycles. The predicted octanol–water partition coefficient (Wildman–Crippen LogP) is 11.2. The molecule has 2 aromatic carbocycles. The molecule has 0 atom stereocenters. The van der Waals surface area contributed by atoms with Crippen LogP contribution in [-0.4, -0.2) is 32.4 Å². The SMILES string of the molecule is CC(c1ccc(O)cc1)c1ccc(O)cc1.CCCCCCCCCCCC(=O)O.CCCCCCCCCCCC(=O)O. The number of carboxylic acids is 2. The molecule has 6 heteroatoms. The summed E-state index contributed by atoms with van der Waals surface area (Å²) in [6.45, 7) is 6.55. The molecule has 44 heavy (non-hydrogen) atoms. The topological polar surface area (TPSA) is 115 Å². The van der Waals surface area contributed by atoms with E-state index in [-0.39, 0.29) is 17.4 Å². The van der Waals surface area contributed by atoms with Gasteiger partial charge >= 0.3 is 11.9 Å². The van der Waals surface area contributed by atoms with E-state index in [1.54, 1.807) is 24.3 Å². The molecule has 2 rings (SSSR count). The maximum Gasteiger partial charge on any atom is 0.303 e. The minimum atomic E-state index is -0.659. The number of rotatable bonds is 22. The number of aliphatic carboxylic acids is 2. The van der Waals surface area contributed by atoms with Gasteiger partial charge in [-0.15, -0.1) is 0 Å². The van der Waals surface area contributed by atoms with Crippen molar-refractivity contribution in [2.75, 3.05) is 0 Å². The third-order valence-electron chi connectivity index (χ3n) is 7.77. The van der Waals surface area contributed by atoms with Crippen molar-refractivity contribution < 1.29 is 30.0 Å². The summed E-state index contributed by atoms with van der Waals surface area (Å²) in [5.41, 5.74) is 2.28. The van der Waals surface area contributed by atoms with Gasteiger partial charge in [-0.2, -0.15) is 0 Å². The molecule has 0 aliphatic heterocycles. The predicted molar refractivity (Wildman–Crippen MR) is 183 cm³/mol. The highest BCUT2D eigenvalue weighted by atomic mass is 16.4. The Morgan fingerprint density at radius 3 is 0.977 bits per heavy atom. The van der Waals surface area contributed by atoms with E-state index in [0.29, 0.717) is 12.8 Å². The largest absolute Gasteiger partial charge is 0.508 e. The number of aromatic hydroxyl groups is 2. The van der Waals surface area contributed by atoms with Gasteiger partial charge in [0.05, 0.1) is 0 Å². The van der Waals surface area contributed by atoms with Gasteiger partial charge in [0, 0.05) is 18.8 Å². The van der Waals surface area contributed by atoms with Crippen molar-refractivity contribution >= 4 is 11.9 Å². The zero-order chi connectivity index (χ0) is 32.8. The van der Waals surface area contributed by atoms with Crippen LogP contribution in [0.5, 0.6) is 11.5 Å². The maximum atomic E-state index is 10.2. The highest BCUT2D eigenvalue weighted by Crippen LogP contribution is 2.26. The van der Waals surface area contributed by atoms with Crippen LogP contribution in [0.15, 0.2) is 48.5 Å². The summed E-state index contributed by atoms with van der Waals surface area (Å²) in [5.74, 6) is -0.509. The van der Waals surface area contributed by atoms with Crippen LogP contribution in [0.2, 0.25) is 0 Å². The zero-order valence-corrected chi connectivity index (χ0v) is 27.9. The van der Waals surface area contributed by atoms with Crippen molar-refractivity contribution in [2.45, 2.75) is 155 Å². The first-order valence-corrected chi connectivity index (χ1v) is 17.2. The Balaban J connectivity index is 0.000000634. The van der Waals surface area contributed by atoms with Crippen LogP contribution in [0.25, 0.3) is 0 Å². The van der Waals surface area contributed by atoms with Crippen molar-refractivity contribution in [3.8, 4) is 11.5 Å². The molecule has 0 saturated carbocycles. The van der Waals surface area contributed by atoms with Gasteiger partial charge in [-0.1, -0.05) is 148 Å². The standard InChI is InChI=1S/C14H14O2.2C12H24O2/c1-10(11-2-6-13(15)7-3-11)12-4-8-14(16)9-5-12;2*1-2-3-4-5-6-7-8-9-10-11-12(13)14/h2-10,15-16H,1H3;2*2-11H2,1H3,(H,13,14). The van der Waals surface area contributed by atoms with Crippen molar-refractivity contribution in [2.24, 2.45) is 0 Å². The summed E-state index contributed by atoms with van der Waals surface area (Å²) in [7, 11) is 0. The molecule has 0 heterocycles. The van der Waals surface area contributed by atoms with Gasteiger partial charge in [-0.3, -0.25) is 9.59 Å². The average molecular weight is 615 g/mol. The van der Waals surface area contributed by atoms with Crippen LogP contribution < -0.4 is 0 Å². The minimum Gasteiger partial charge on any atom is -0.508 e. The van der Waals surface area contributed by atoms with Crippen LogP contribution in [0.4, 0.5) is 0 Å². The van der Waals surface area contributed by atoms with E-state index in [4.69, 9.17) is 10.2 Å². The summed E-state index contributed by atoms with van der Waals surface area (Å²) in [6, 6.07) is 14.4. The fourth-order valence-electron chi connectivity index (χ4n) is 4.89. The lowest BCUT2D eigenvalue weighted by molar-refractivity contribution is -0.138. The molecule has 0 fully saturated rings. The number of benzene rings is 2. The molecular weight excluding hydrogens is 552 g/mol. The van der Waals surface area contributed by atoms with Crippen molar-refractivity contribution in [3.63, 3.8) is 0 Å². The number of phenols is 2. The number of phenolic OH excluding ortho intramolecular Hbond substituents is 2. The Bertz CT molecular complexity index is 861. The van der Waals surface area contributed by atoms with Gasteiger partial charge in [0.25, 0.3) is 0 Å². The first kappa shape index (κ1) is 41.0. The van der Waals surface area contributed by atoms with Crippen molar-refractivity contribution in [3.05, 3.63) is 59.7 Å². The molecule has 0 aliphatic rings. The molecule has 0 saturated heterocycles. The lowest BCUT2D eigenvalue weighted by Gasteiger charge is -2.12. The highest BCUT2D eigenvalue weighted by Gasteiger charge is 2.08. The fraction of sp³-hybridized carbons (Fsp3) is 0.632.